The summed E-state index contributed by atoms with van der Waals surface area (Å²) in [7, 11) is 0. The zero-order valence-corrected chi connectivity index (χ0v) is 13.6. The van der Waals surface area contributed by atoms with Gasteiger partial charge >= 0.3 is 0 Å². The Hall–Kier alpha value is -1.11. The van der Waals surface area contributed by atoms with E-state index in [0.29, 0.717) is 5.78 Å². The molecule has 0 aliphatic heterocycles. The molecule has 1 aromatic carbocycles. The number of carbonyl (C=O) groups excluding carboxylic acids is 1. The van der Waals surface area contributed by atoms with Gasteiger partial charge in [-0.1, -0.05) is 88.6 Å². The summed E-state index contributed by atoms with van der Waals surface area (Å²) in [5, 5.41) is 0. The van der Waals surface area contributed by atoms with Crippen molar-refractivity contribution >= 4 is 5.78 Å². The second kappa shape index (κ2) is 8.36. The van der Waals surface area contributed by atoms with Crippen LogP contribution in [0.15, 0.2) is 30.3 Å². The summed E-state index contributed by atoms with van der Waals surface area (Å²) in [6.45, 7) is 2.25. The van der Waals surface area contributed by atoms with Gasteiger partial charge in [0.25, 0.3) is 0 Å². The Morgan fingerprint density at radius 3 is 2.29 bits per heavy atom. The van der Waals surface area contributed by atoms with Crippen LogP contribution in [0.25, 0.3) is 0 Å². The maximum Gasteiger partial charge on any atom is 0.168 e. The third-order valence-electron chi connectivity index (χ3n) is 5.09. The van der Waals surface area contributed by atoms with E-state index in [2.05, 4.69) is 6.92 Å². The lowest BCUT2D eigenvalue weighted by molar-refractivity contribution is 0.0683. The molecule has 2 rings (SSSR count). The zero-order chi connectivity index (χ0) is 15.0. The van der Waals surface area contributed by atoms with E-state index in [1.54, 1.807) is 0 Å². The van der Waals surface area contributed by atoms with Crippen LogP contribution < -0.4 is 0 Å². The maximum atomic E-state index is 13.0. The van der Waals surface area contributed by atoms with Crippen molar-refractivity contribution in [3.63, 3.8) is 0 Å². The number of benzene rings is 1. The normalized spacial score (nSPS) is 17.6. The van der Waals surface area contributed by atoms with Gasteiger partial charge in [-0.05, 0) is 19.3 Å². The monoisotopic (exact) mass is 286 g/mol. The van der Waals surface area contributed by atoms with Gasteiger partial charge in [-0.15, -0.1) is 0 Å². The number of carbonyl (C=O) groups is 1. The van der Waals surface area contributed by atoms with E-state index in [4.69, 9.17) is 0 Å². The number of hydrogen-bond acceptors (Lipinski definition) is 1. The minimum atomic E-state index is -0.0498. The van der Waals surface area contributed by atoms with Crippen LogP contribution in [0.4, 0.5) is 0 Å². The van der Waals surface area contributed by atoms with Crippen LogP contribution in [0, 0.1) is 5.41 Å². The van der Waals surface area contributed by atoms with Gasteiger partial charge in [0.15, 0.2) is 5.78 Å². The number of ketones is 1. The van der Waals surface area contributed by atoms with Crippen LogP contribution in [0.3, 0.4) is 0 Å². The SMILES string of the molecule is CCCCCCCC1(C(=O)c2ccccc2)CCCCC1. The Kier molecular flexibility index (Phi) is 6.48. The van der Waals surface area contributed by atoms with E-state index in [1.165, 1.54) is 51.4 Å². The molecule has 1 saturated carbocycles. The van der Waals surface area contributed by atoms with E-state index in [0.717, 1.165) is 24.8 Å². The van der Waals surface area contributed by atoms with E-state index in [-0.39, 0.29) is 5.41 Å². The molecule has 21 heavy (non-hydrogen) atoms. The van der Waals surface area contributed by atoms with Gasteiger partial charge in [0, 0.05) is 11.0 Å². The van der Waals surface area contributed by atoms with E-state index in [1.807, 2.05) is 30.3 Å². The highest BCUT2D eigenvalue weighted by Crippen LogP contribution is 2.43. The first-order valence-corrected chi connectivity index (χ1v) is 8.88. The summed E-state index contributed by atoms with van der Waals surface area (Å²) in [6.07, 6.45) is 13.5. The van der Waals surface area contributed by atoms with Crippen LogP contribution in [0.5, 0.6) is 0 Å². The van der Waals surface area contributed by atoms with Crippen LogP contribution in [-0.2, 0) is 0 Å². The summed E-state index contributed by atoms with van der Waals surface area (Å²) in [6, 6.07) is 9.97. The second-order valence-corrected chi connectivity index (χ2v) is 6.70. The first kappa shape index (κ1) is 16.3. The Balaban J connectivity index is 2.01. The van der Waals surface area contributed by atoms with Crippen LogP contribution >= 0.6 is 0 Å². The number of unbranched alkanes of at least 4 members (excludes halogenated alkanes) is 4. The molecule has 0 amide bonds. The highest BCUT2D eigenvalue weighted by molar-refractivity contribution is 6.00. The topological polar surface area (TPSA) is 17.1 Å². The summed E-state index contributed by atoms with van der Waals surface area (Å²) in [4.78, 5) is 13.0. The molecule has 1 fully saturated rings. The summed E-state index contributed by atoms with van der Waals surface area (Å²) in [5.74, 6) is 0.415. The molecule has 0 unspecified atom stereocenters. The van der Waals surface area contributed by atoms with E-state index in [9.17, 15) is 4.79 Å². The molecule has 0 spiro atoms. The first-order chi connectivity index (χ1) is 10.3. The molecule has 116 valence electrons. The largest absolute Gasteiger partial charge is 0.294 e. The third-order valence-corrected chi connectivity index (χ3v) is 5.09. The Labute approximate surface area is 130 Å². The third kappa shape index (κ3) is 4.43. The minimum Gasteiger partial charge on any atom is -0.294 e. The van der Waals surface area contributed by atoms with Crippen molar-refractivity contribution in [3.05, 3.63) is 35.9 Å². The zero-order valence-electron chi connectivity index (χ0n) is 13.6. The fraction of sp³-hybridized carbons (Fsp3) is 0.650. The Morgan fingerprint density at radius 1 is 0.952 bits per heavy atom. The van der Waals surface area contributed by atoms with Gasteiger partial charge in [0.1, 0.15) is 0 Å². The number of Topliss-reactive ketones (excluding diaryl/α,β-unsaturated/α-hetero) is 1. The van der Waals surface area contributed by atoms with Crippen molar-refractivity contribution in [3.8, 4) is 0 Å². The van der Waals surface area contributed by atoms with Crippen molar-refractivity contribution in [2.24, 2.45) is 5.41 Å². The van der Waals surface area contributed by atoms with E-state index < -0.39 is 0 Å². The van der Waals surface area contributed by atoms with Crippen LogP contribution in [-0.4, -0.2) is 5.78 Å². The molecule has 1 aliphatic rings. The molecule has 1 aromatic rings. The molecule has 0 aromatic heterocycles. The maximum absolute atomic E-state index is 13.0. The van der Waals surface area contributed by atoms with Crippen molar-refractivity contribution in [1.29, 1.82) is 0 Å². The molecule has 0 bridgehead atoms. The Morgan fingerprint density at radius 2 is 1.62 bits per heavy atom. The minimum absolute atomic E-state index is 0.0498. The van der Waals surface area contributed by atoms with Gasteiger partial charge in [0.2, 0.25) is 0 Å². The average molecular weight is 286 g/mol. The van der Waals surface area contributed by atoms with Gasteiger partial charge in [-0.25, -0.2) is 0 Å². The molecule has 1 nitrogen and oxygen atoms in total. The molecule has 1 aliphatic carbocycles. The van der Waals surface area contributed by atoms with Crippen molar-refractivity contribution in [2.45, 2.75) is 77.6 Å². The summed E-state index contributed by atoms with van der Waals surface area (Å²) in [5.41, 5.74) is 0.874. The van der Waals surface area contributed by atoms with E-state index >= 15 is 0 Å². The molecule has 0 heterocycles. The van der Waals surface area contributed by atoms with Crippen molar-refractivity contribution in [1.82, 2.24) is 0 Å². The van der Waals surface area contributed by atoms with Gasteiger partial charge in [-0.2, -0.15) is 0 Å². The number of hydrogen-bond donors (Lipinski definition) is 0. The highest BCUT2D eigenvalue weighted by Gasteiger charge is 2.38. The van der Waals surface area contributed by atoms with Crippen LogP contribution in [0.1, 0.15) is 87.9 Å². The number of rotatable bonds is 8. The van der Waals surface area contributed by atoms with Gasteiger partial charge < -0.3 is 0 Å². The summed E-state index contributed by atoms with van der Waals surface area (Å²) < 4.78 is 0. The standard InChI is InChI=1S/C20H30O/c1-2-3-4-5-10-15-20(16-11-7-12-17-20)19(21)18-13-8-6-9-14-18/h6,8-9,13-14H,2-5,7,10-12,15-17H2,1H3. The van der Waals surface area contributed by atoms with Gasteiger partial charge in [0.05, 0.1) is 0 Å². The molecular formula is C20H30O. The molecular weight excluding hydrogens is 256 g/mol. The quantitative estimate of drug-likeness (QED) is 0.412. The smallest absolute Gasteiger partial charge is 0.168 e. The fourth-order valence-corrected chi connectivity index (χ4v) is 3.78. The van der Waals surface area contributed by atoms with Gasteiger partial charge in [-0.3, -0.25) is 4.79 Å². The Bertz CT molecular complexity index is 415. The predicted octanol–water partition coefficient (Wildman–Crippen LogP) is 6.18. The molecule has 0 saturated heterocycles. The van der Waals surface area contributed by atoms with Crippen molar-refractivity contribution in [2.75, 3.05) is 0 Å². The fourth-order valence-electron chi connectivity index (χ4n) is 3.78. The first-order valence-electron chi connectivity index (χ1n) is 8.88. The molecule has 0 N–H and O–H groups in total. The lowest BCUT2D eigenvalue weighted by Gasteiger charge is -2.36. The second-order valence-electron chi connectivity index (χ2n) is 6.70. The lowest BCUT2D eigenvalue weighted by atomic mass is 9.66. The van der Waals surface area contributed by atoms with Crippen molar-refractivity contribution < 1.29 is 4.79 Å². The average Bonchev–Trinajstić information content (AvgIpc) is 2.56. The molecule has 0 radical (unpaired) electrons. The lowest BCUT2D eigenvalue weighted by Crippen LogP contribution is -2.33. The molecule has 1 heteroatoms. The predicted molar refractivity (Wildman–Crippen MR) is 89.7 cm³/mol. The highest BCUT2D eigenvalue weighted by atomic mass is 16.1. The molecule has 0 atom stereocenters. The van der Waals surface area contributed by atoms with Crippen LogP contribution in [0.2, 0.25) is 0 Å². The summed E-state index contributed by atoms with van der Waals surface area (Å²) >= 11 is 0.